The van der Waals surface area contributed by atoms with Crippen LogP contribution in [0, 0.1) is 0 Å². The first-order chi connectivity index (χ1) is 15.2. The molecular formula is C27H25N3O. The molecule has 1 aromatic heterocycles. The lowest BCUT2D eigenvalue weighted by Gasteiger charge is -2.20. The molecule has 1 atom stereocenters. The van der Waals surface area contributed by atoms with E-state index in [0.29, 0.717) is 6.42 Å². The van der Waals surface area contributed by atoms with E-state index in [1.807, 2.05) is 86.2 Å². The predicted molar refractivity (Wildman–Crippen MR) is 126 cm³/mol. The Balaban J connectivity index is 1.54. The number of anilines is 1. The molecule has 1 heterocycles. The van der Waals surface area contributed by atoms with E-state index in [4.69, 9.17) is 0 Å². The number of nitrogens with one attached hydrogen (secondary N) is 1. The summed E-state index contributed by atoms with van der Waals surface area (Å²) in [5.41, 5.74) is 4.85. The summed E-state index contributed by atoms with van der Waals surface area (Å²) in [5.74, 6) is -0.0756. The second kappa shape index (κ2) is 9.72. The number of carbonyl (C=O) groups excluding carboxylic acids is 1. The van der Waals surface area contributed by atoms with Crippen molar-refractivity contribution in [3.63, 3.8) is 0 Å². The zero-order valence-corrected chi connectivity index (χ0v) is 17.5. The fraction of sp³-hybridized carbons (Fsp3) is 0.111. The molecule has 1 unspecified atom stereocenters. The molecule has 154 valence electrons. The lowest BCUT2D eigenvalue weighted by Crippen LogP contribution is -2.14. The lowest BCUT2D eigenvalue weighted by molar-refractivity contribution is -0.112. The van der Waals surface area contributed by atoms with Crippen molar-refractivity contribution in [2.75, 3.05) is 5.32 Å². The van der Waals surface area contributed by atoms with Crippen molar-refractivity contribution in [2.24, 2.45) is 0 Å². The summed E-state index contributed by atoms with van der Waals surface area (Å²) >= 11 is 0. The van der Waals surface area contributed by atoms with Gasteiger partial charge in [0, 0.05) is 23.7 Å². The second-order valence-electron chi connectivity index (χ2n) is 7.33. The molecule has 4 heteroatoms. The summed E-state index contributed by atoms with van der Waals surface area (Å²) in [6.07, 6.45) is 8.18. The minimum atomic E-state index is -0.0756. The maximum absolute atomic E-state index is 12.8. The molecule has 1 N–H and O–H groups in total. The third-order valence-corrected chi connectivity index (χ3v) is 5.24. The van der Waals surface area contributed by atoms with Crippen LogP contribution in [0.4, 0.5) is 5.69 Å². The smallest absolute Gasteiger partial charge is 0.251 e. The van der Waals surface area contributed by atoms with Gasteiger partial charge in [-0.05, 0) is 41.3 Å². The summed E-state index contributed by atoms with van der Waals surface area (Å²) in [5, 5.41) is 3.03. The van der Waals surface area contributed by atoms with Crippen molar-refractivity contribution in [2.45, 2.75) is 19.4 Å². The predicted octanol–water partition coefficient (Wildman–Crippen LogP) is 5.95. The average molecular weight is 408 g/mol. The van der Waals surface area contributed by atoms with Crippen molar-refractivity contribution in [3.8, 4) is 0 Å². The quantitative estimate of drug-likeness (QED) is 0.385. The monoisotopic (exact) mass is 407 g/mol. The van der Waals surface area contributed by atoms with Gasteiger partial charge in [0.05, 0.1) is 12.4 Å². The SMILES string of the molecule is CCC(=Cc1ccccc1)C(=O)Nc1ccc(C(c2ccccc2)n2ccnc2)cc1. The van der Waals surface area contributed by atoms with Crippen LogP contribution in [0.1, 0.15) is 36.1 Å². The van der Waals surface area contributed by atoms with Crippen LogP contribution >= 0.6 is 0 Å². The molecule has 3 aromatic carbocycles. The molecule has 4 rings (SSSR count). The molecule has 4 aromatic rings. The molecule has 1 amide bonds. The van der Waals surface area contributed by atoms with Gasteiger partial charge in [0.2, 0.25) is 0 Å². The van der Waals surface area contributed by atoms with Crippen molar-refractivity contribution < 1.29 is 4.79 Å². The maximum atomic E-state index is 12.8. The first kappa shape index (κ1) is 20.4. The Hall–Kier alpha value is -3.92. The van der Waals surface area contributed by atoms with Crippen LogP contribution in [-0.2, 0) is 4.79 Å². The van der Waals surface area contributed by atoms with Crippen LogP contribution in [-0.4, -0.2) is 15.5 Å². The largest absolute Gasteiger partial charge is 0.326 e. The third kappa shape index (κ3) is 4.98. The first-order valence-electron chi connectivity index (χ1n) is 10.4. The zero-order valence-electron chi connectivity index (χ0n) is 17.5. The Kier molecular flexibility index (Phi) is 6.38. The second-order valence-corrected chi connectivity index (χ2v) is 7.33. The molecule has 0 fully saturated rings. The number of carbonyl (C=O) groups is 1. The van der Waals surface area contributed by atoms with Crippen molar-refractivity contribution >= 4 is 17.7 Å². The summed E-state index contributed by atoms with van der Waals surface area (Å²) in [6, 6.07) is 28.3. The van der Waals surface area contributed by atoms with Crippen LogP contribution in [0.3, 0.4) is 0 Å². The van der Waals surface area contributed by atoms with E-state index in [1.165, 1.54) is 5.56 Å². The van der Waals surface area contributed by atoms with Crippen molar-refractivity contribution in [3.05, 3.63) is 126 Å². The van der Waals surface area contributed by atoms with Crippen LogP contribution < -0.4 is 5.32 Å². The van der Waals surface area contributed by atoms with E-state index in [1.54, 1.807) is 6.20 Å². The molecule has 0 bridgehead atoms. The number of imidazole rings is 1. The number of aromatic nitrogens is 2. The standard InChI is InChI=1S/C27H25N3O/c1-2-22(19-21-9-5-3-6-10-21)27(31)29-25-15-13-24(14-16-25)26(30-18-17-28-20-30)23-11-7-4-8-12-23/h3-20,26H,2H2,1H3,(H,29,31). The van der Waals surface area contributed by atoms with Crippen LogP contribution in [0.5, 0.6) is 0 Å². The maximum Gasteiger partial charge on any atom is 0.251 e. The number of benzene rings is 3. The normalized spacial score (nSPS) is 12.4. The van der Waals surface area contributed by atoms with Gasteiger partial charge in [-0.1, -0.05) is 79.7 Å². The molecule has 0 spiro atoms. The third-order valence-electron chi connectivity index (χ3n) is 5.24. The molecule has 0 aliphatic heterocycles. The summed E-state index contributed by atoms with van der Waals surface area (Å²) in [7, 11) is 0. The van der Waals surface area contributed by atoms with E-state index < -0.39 is 0 Å². The van der Waals surface area contributed by atoms with E-state index >= 15 is 0 Å². The number of rotatable bonds is 7. The average Bonchev–Trinajstić information content (AvgIpc) is 3.34. The van der Waals surface area contributed by atoms with Gasteiger partial charge in [0.25, 0.3) is 5.91 Å². The van der Waals surface area contributed by atoms with E-state index in [2.05, 4.69) is 39.1 Å². The fourth-order valence-corrected chi connectivity index (χ4v) is 3.63. The summed E-state index contributed by atoms with van der Waals surface area (Å²) < 4.78 is 2.08. The van der Waals surface area contributed by atoms with Gasteiger partial charge >= 0.3 is 0 Å². The highest BCUT2D eigenvalue weighted by molar-refractivity contribution is 6.06. The van der Waals surface area contributed by atoms with E-state index in [-0.39, 0.29) is 11.9 Å². The molecule has 31 heavy (non-hydrogen) atoms. The van der Waals surface area contributed by atoms with Crippen LogP contribution in [0.2, 0.25) is 0 Å². The van der Waals surface area contributed by atoms with Crippen LogP contribution in [0.15, 0.2) is 109 Å². The highest BCUT2D eigenvalue weighted by Gasteiger charge is 2.16. The Labute approximate surface area is 182 Å². The summed E-state index contributed by atoms with van der Waals surface area (Å²) in [6.45, 7) is 1.99. The Morgan fingerprint density at radius 2 is 1.58 bits per heavy atom. The highest BCUT2D eigenvalue weighted by atomic mass is 16.1. The lowest BCUT2D eigenvalue weighted by atomic mass is 9.98. The number of nitrogens with zero attached hydrogens (tertiary/aromatic N) is 2. The number of hydrogen-bond acceptors (Lipinski definition) is 2. The minimum absolute atomic E-state index is 0.0256. The van der Waals surface area contributed by atoms with Gasteiger partial charge in [-0.25, -0.2) is 4.98 Å². The molecule has 0 aliphatic carbocycles. The molecule has 4 nitrogen and oxygen atoms in total. The number of amides is 1. The Bertz CT molecular complexity index is 1130. The molecule has 0 radical (unpaired) electrons. The summed E-state index contributed by atoms with van der Waals surface area (Å²) in [4.78, 5) is 17.0. The molecular weight excluding hydrogens is 382 g/mol. The minimum Gasteiger partial charge on any atom is -0.326 e. The first-order valence-corrected chi connectivity index (χ1v) is 10.4. The zero-order chi connectivity index (χ0) is 21.5. The fourth-order valence-electron chi connectivity index (χ4n) is 3.63. The van der Waals surface area contributed by atoms with E-state index in [9.17, 15) is 4.79 Å². The van der Waals surface area contributed by atoms with Crippen molar-refractivity contribution in [1.82, 2.24) is 9.55 Å². The van der Waals surface area contributed by atoms with Gasteiger partial charge in [-0.3, -0.25) is 4.79 Å². The molecule has 0 saturated heterocycles. The number of hydrogen-bond donors (Lipinski definition) is 1. The van der Waals surface area contributed by atoms with Gasteiger partial charge in [-0.15, -0.1) is 0 Å². The van der Waals surface area contributed by atoms with Crippen LogP contribution in [0.25, 0.3) is 6.08 Å². The Morgan fingerprint density at radius 3 is 2.19 bits per heavy atom. The molecule has 0 aliphatic rings. The topological polar surface area (TPSA) is 46.9 Å². The van der Waals surface area contributed by atoms with Gasteiger partial charge in [0.15, 0.2) is 0 Å². The molecule has 0 saturated carbocycles. The van der Waals surface area contributed by atoms with E-state index in [0.717, 1.165) is 22.4 Å². The Morgan fingerprint density at radius 1 is 0.935 bits per heavy atom. The van der Waals surface area contributed by atoms with Gasteiger partial charge in [-0.2, -0.15) is 0 Å². The van der Waals surface area contributed by atoms with Gasteiger partial charge < -0.3 is 9.88 Å². The van der Waals surface area contributed by atoms with Gasteiger partial charge in [0.1, 0.15) is 0 Å². The van der Waals surface area contributed by atoms with Crippen molar-refractivity contribution in [1.29, 1.82) is 0 Å². The highest BCUT2D eigenvalue weighted by Crippen LogP contribution is 2.27.